The molecule has 1 N–H and O–H groups in total. The summed E-state index contributed by atoms with van der Waals surface area (Å²) in [7, 11) is 4.27. The van der Waals surface area contributed by atoms with E-state index in [1.54, 1.807) is 0 Å². The van der Waals surface area contributed by atoms with Crippen molar-refractivity contribution in [2.45, 2.75) is 39.0 Å². The molecule has 0 radical (unpaired) electrons. The van der Waals surface area contributed by atoms with Crippen LogP contribution in [0.1, 0.15) is 31.9 Å². The molecule has 1 atom stereocenters. The van der Waals surface area contributed by atoms with Crippen molar-refractivity contribution in [1.82, 2.24) is 24.9 Å². The molecule has 28 heavy (non-hydrogen) atoms. The van der Waals surface area contributed by atoms with Crippen LogP contribution < -0.4 is 5.32 Å². The van der Waals surface area contributed by atoms with E-state index in [-0.39, 0.29) is 11.7 Å². The topological polar surface area (TPSA) is 37.4 Å². The highest BCUT2D eigenvalue weighted by Crippen LogP contribution is 2.30. The van der Waals surface area contributed by atoms with Crippen LogP contribution in [0.5, 0.6) is 0 Å². The molecule has 6 nitrogen and oxygen atoms in total. The van der Waals surface area contributed by atoms with Crippen molar-refractivity contribution >= 4 is 5.84 Å². The molecular formula is C22H34N6. The van der Waals surface area contributed by atoms with E-state index in [1.165, 1.54) is 16.8 Å². The number of aliphatic imine (C=N–C) groups is 1. The fourth-order valence-corrected chi connectivity index (χ4v) is 4.24. The molecule has 4 rings (SSSR count). The minimum atomic E-state index is 0.0830. The second-order valence-electron chi connectivity index (χ2n) is 9.27. The molecule has 1 unspecified atom stereocenters. The highest BCUT2D eigenvalue weighted by molar-refractivity contribution is 5.99. The molecule has 1 aromatic carbocycles. The van der Waals surface area contributed by atoms with Crippen LogP contribution in [0.2, 0.25) is 0 Å². The van der Waals surface area contributed by atoms with Gasteiger partial charge < -0.3 is 20.0 Å². The van der Waals surface area contributed by atoms with Crippen LogP contribution in [0, 0.1) is 0 Å². The van der Waals surface area contributed by atoms with Crippen molar-refractivity contribution < 1.29 is 0 Å². The first kappa shape index (κ1) is 19.3. The number of piperazine rings is 1. The number of nitrogens with one attached hydrogen (secondary N) is 1. The summed E-state index contributed by atoms with van der Waals surface area (Å²) in [6, 6.07) is 9.12. The first-order chi connectivity index (χ1) is 13.3. The van der Waals surface area contributed by atoms with Crippen molar-refractivity contribution in [2.75, 3.05) is 46.9 Å². The highest BCUT2D eigenvalue weighted by atomic mass is 15.5. The number of amidine groups is 1. The predicted octanol–water partition coefficient (Wildman–Crippen LogP) is 2.06. The molecule has 3 heterocycles. The first-order valence-electron chi connectivity index (χ1n) is 10.3. The van der Waals surface area contributed by atoms with E-state index < -0.39 is 0 Å². The summed E-state index contributed by atoms with van der Waals surface area (Å²) < 4.78 is 0. The number of likely N-dealkylation sites (N-methyl/N-ethyl adjacent to an activating group) is 1. The predicted molar refractivity (Wildman–Crippen MR) is 115 cm³/mol. The molecule has 0 aromatic heterocycles. The zero-order valence-corrected chi connectivity index (χ0v) is 17.9. The Balaban J connectivity index is 1.62. The lowest BCUT2D eigenvalue weighted by Crippen LogP contribution is -2.52. The van der Waals surface area contributed by atoms with Crippen LogP contribution in [0.4, 0.5) is 0 Å². The molecule has 0 bridgehead atoms. The molecule has 0 spiro atoms. The van der Waals surface area contributed by atoms with Gasteiger partial charge in [-0.25, -0.2) is 4.99 Å². The van der Waals surface area contributed by atoms with Gasteiger partial charge in [0.25, 0.3) is 0 Å². The summed E-state index contributed by atoms with van der Waals surface area (Å²) >= 11 is 0. The number of rotatable bonds is 3. The molecule has 152 valence electrons. The molecule has 0 saturated carbocycles. The van der Waals surface area contributed by atoms with Crippen molar-refractivity contribution in [3.63, 3.8) is 0 Å². The van der Waals surface area contributed by atoms with E-state index >= 15 is 0 Å². The first-order valence-corrected chi connectivity index (χ1v) is 10.3. The number of fused-ring (bicyclic) bond motifs is 1. The average molecular weight is 383 g/mol. The van der Waals surface area contributed by atoms with Crippen LogP contribution >= 0.6 is 0 Å². The Hall–Kier alpha value is -2.05. The van der Waals surface area contributed by atoms with Crippen LogP contribution in [-0.4, -0.2) is 78.7 Å². The Morgan fingerprint density at radius 2 is 1.75 bits per heavy atom. The van der Waals surface area contributed by atoms with E-state index in [0.717, 1.165) is 45.2 Å². The van der Waals surface area contributed by atoms with Gasteiger partial charge >= 0.3 is 0 Å². The van der Waals surface area contributed by atoms with Crippen molar-refractivity contribution in [3.8, 4) is 0 Å². The quantitative estimate of drug-likeness (QED) is 0.866. The normalized spacial score (nSPS) is 23.6. The third kappa shape index (κ3) is 3.76. The van der Waals surface area contributed by atoms with Gasteiger partial charge in [-0.05, 0) is 16.5 Å². The van der Waals surface area contributed by atoms with E-state index in [1.807, 2.05) is 0 Å². The van der Waals surface area contributed by atoms with Gasteiger partial charge in [-0.3, -0.25) is 4.90 Å². The summed E-state index contributed by atoms with van der Waals surface area (Å²) in [4.78, 5) is 14.6. The Morgan fingerprint density at radius 3 is 2.39 bits per heavy atom. The van der Waals surface area contributed by atoms with Gasteiger partial charge in [0, 0.05) is 53.0 Å². The van der Waals surface area contributed by atoms with Gasteiger partial charge in [0.2, 0.25) is 0 Å². The van der Waals surface area contributed by atoms with Crippen molar-refractivity contribution in [2.24, 2.45) is 4.99 Å². The lowest BCUT2D eigenvalue weighted by atomic mass is 9.87. The van der Waals surface area contributed by atoms with E-state index in [9.17, 15) is 0 Å². The van der Waals surface area contributed by atoms with E-state index in [0.29, 0.717) is 0 Å². The zero-order valence-electron chi connectivity index (χ0n) is 17.9. The fraction of sp³-hybridized carbons (Fsp3) is 0.591. The SMILES string of the molecule is CN1C=C2C(=NC(N3CCNCC3)N2Cc2ccc(C(C)(C)C)cc2)N(C)C1. The van der Waals surface area contributed by atoms with Crippen LogP contribution in [0.15, 0.2) is 41.2 Å². The summed E-state index contributed by atoms with van der Waals surface area (Å²) in [5.41, 5.74) is 4.13. The van der Waals surface area contributed by atoms with Crippen LogP contribution in [-0.2, 0) is 12.0 Å². The number of hydrogen-bond donors (Lipinski definition) is 1. The second kappa shape index (κ2) is 7.41. The van der Waals surface area contributed by atoms with Crippen molar-refractivity contribution in [3.05, 3.63) is 47.3 Å². The number of nitrogens with zero attached hydrogens (tertiary/aromatic N) is 5. The van der Waals surface area contributed by atoms with Gasteiger partial charge in [0.05, 0.1) is 12.4 Å². The fourth-order valence-electron chi connectivity index (χ4n) is 4.24. The Morgan fingerprint density at radius 1 is 1.07 bits per heavy atom. The zero-order chi connectivity index (χ0) is 19.9. The molecule has 3 aliphatic rings. The maximum absolute atomic E-state index is 5.16. The Labute approximate surface area is 169 Å². The molecule has 1 aromatic rings. The third-order valence-corrected chi connectivity index (χ3v) is 5.85. The van der Waals surface area contributed by atoms with Gasteiger partial charge in [-0.15, -0.1) is 0 Å². The molecule has 0 aliphatic carbocycles. The van der Waals surface area contributed by atoms with Gasteiger partial charge in [-0.1, -0.05) is 45.0 Å². The van der Waals surface area contributed by atoms with Gasteiger partial charge in [0.1, 0.15) is 0 Å². The minimum absolute atomic E-state index is 0.0830. The Bertz CT molecular complexity index is 754. The van der Waals surface area contributed by atoms with Gasteiger partial charge in [-0.2, -0.15) is 0 Å². The van der Waals surface area contributed by atoms with Gasteiger partial charge in [0.15, 0.2) is 12.1 Å². The van der Waals surface area contributed by atoms with Crippen LogP contribution in [0.3, 0.4) is 0 Å². The van der Waals surface area contributed by atoms with E-state index in [4.69, 9.17) is 4.99 Å². The molecule has 6 heteroatoms. The maximum Gasteiger partial charge on any atom is 0.181 e. The standard InChI is InChI=1S/C22H34N6/c1-22(2,3)18-8-6-17(7-9-18)14-28-19-15-25(4)16-26(5)20(19)24-21(28)27-12-10-23-11-13-27/h6-9,15,21,23H,10-14,16H2,1-5H3. The molecule has 1 fully saturated rings. The molecule has 1 saturated heterocycles. The van der Waals surface area contributed by atoms with E-state index in [2.05, 4.69) is 90.2 Å². The van der Waals surface area contributed by atoms with Crippen LogP contribution in [0.25, 0.3) is 0 Å². The smallest absolute Gasteiger partial charge is 0.181 e. The Kier molecular flexibility index (Phi) is 5.10. The average Bonchev–Trinajstić information content (AvgIpc) is 3.01. The van der Waals surface area contributed by atoms with Crippen molar-refractivity contribution in [1.29, 1.82) is 0 Å². The summed E-state index contributed by atoms with van der Waals surface area (Å²) in [5.74, 6) is 1.12. The lowest BCUT2D eigenvalue weighted by molar-refractivity contribution is 0.0701. The number of hydrogen-bond acceptors (Lipinski definition) is 6. The number of benzene rings is 1. The molecule has 3 aliphatic heterocycles. The summed E-state index contributed by atoms with van der Waals surface area (Å²) in [5, 5.41) is 3.46. The molecule has 0 amide bonds. The highest BCUT2D eigenvalue weighted by Gasteiger charge is 2.38. The summed E-state index contributed by atoms with van der Waals surface area (Å²) in [6.45, 7) is 12.7. The molecular weight excluding hydrogens is 348 g/mol. The second-order valence-corrected chi connectivity index (χ2v) is 9.27. The maximum atomic E-state index is 5.16. The minimum Gasteiger partial charge on any atom is -0.361 e. The lowest BCUT2D eigenvalue weighted by Gasteiger charge is -2.38. The summed E-state index contributed by atoms with van der Waals surface area (Å²) in [6.07, 6.45) is 2.34. The third-order valence-electron chi connectivity index (χ3n) is 5.85. The largest absolute Gasteiger partial charge is 0.361 e. The monoisotopic (exact) mass is 382 g/mol.